The van der Waals surface area contributed by atoms with Crippen molar-refractivity contribution in [1.29, 1.82) is 0 Å². The number of halogens is 1. The van der Waals surface area contributed by atoms with E-state index in [0.717, 1.165) is 37.1 Å². The topological polar surface area (TPSA) is 29.1 Å². The quantitative estimate of drug-likeness (QED) is 0.802. The third-order valence-corrected chi connectivity index (χ3v) is 3.36. The van der Waals surface area contributed by atoms with E-state index in [2.05, 4.69) is 5.32 Å². The number of rotatable bonds is 2. The lowest BCUT2D eigenvalue weighted by Gasteiger charge is -2.22. The Morgan fingerprint density at radius 2 is 2.31 bits per heavy atom. The summed E-state index contributed by atoms with van der Waals surface area (Å²) in [5, 5.41) is 3.96. The van der Waals surface area contributed by atoms with Gasteiger partial charge in [0.05, 0.1) is 0 Å². The number of hydrogen-bond acceptors (Lipinski definition) is 2. The third-order valence-electron chi connectivity index (χ3n) is 3.12. The van der Waals surface area contributed by atoms with E-state index in [4.69, 9.17) is 11.6 Å². The first kappa shape index (κ1) is 11.6. The molecule has 0 bridgehead atoms. The maximum atomic E-state index is 12.2. The number of ketones is 1. The predicted octanol–water partition coefficient (Wildman–Crippen LogP) is 2.83. The molecule has 0 amide bonds. The van der Waals surface area contributed by atoms with E-state index in [0.29, 0.717) is 5.02 Å². The molecule has 1 heterocycles. The van der Waals surface area contributed by atoms with Gasteiger partial charge in [0.15, 0.2) is 5.78 Å². The average molecular weight is 238 g/mol. The van der Waals surface area contributed by atoms with Crippen LogP contribution in [-0.4, -0.2) is 18.9 Å². The minimum absolute atomic E-state index is 0.133. The van der Waals surface area contributed by atoms with Crippen LogP contribution in [0.3, 0.4) is 0 Å². The number of Topliss-reactive ketones (excluding diaryl/α,β-unsaturated/α-hetero) is 1. The standard InChI is InChI=1S/C13H16ClNO/c1-9-7-11(14)4-5-12(9)13(16)10-3-2-6-15-8-10/h4-5,7,10,15H,2-3,6,8H2,1H3. The second-order valence-corrected chi connectivity index (χ2v) is 4.80. The van der Waals surface area contributed by atoms with E-state index in [1.165, 1.54) is 0 Å². The first-order chi connectivity index (χ1) is 7.68. The molecule has 86 valence electrons. The van der Waals surface area contributed by atoms with Gasteiger partial charge in [-0.1, -0.05) is 11.6 Å². The molecule has 3 heteroatoms. The number of nitrogens with one attached hydrogen (secondary N) is 1. The molecule has 2 nitrogen and oxygen atoms in total. The molecule has 1 aromatic rings. The molecule has 16 heavy (non-hydrogen) atoms. The second kappa shape index (κ2) is 4.98. The summed E-state index contributed by atoms with van der Waals surface area (Å²) >= 11 is 5.88. The molecule has 1 aliphatic heterocycles. The van der Waals surface area contributed by atoms with Gasteiger partial charge in [-0.3, -0.25) is 4.79 Å². The fraction of sp³-hybridized carbons (Fsp3) is 0.462. The minimum atomic E-state index is 0.133. The van der Waals surface area contributed by atoms with Crippen molar-refractivity contribution in [3.8, 4) is 0 Å². The molecule has 1 atom stereocenters. The van der Waals surface area contributed by atoms with Gasteiger partial charge in [0, 0.05) is 23.0 Å². The van der Waals surface area contributed by atoms with E-state index in [1.807, 2.05) is 19.1 Å². The van der Waals surface area contributed by atoms with Crippen LogP contribution in [0.1, 0.15) is 28.8 Å². The second-order valence-electron chi connectivity index (χ2n) is 4.37. The SMILES string of the molecule is Cc1cc(Cl)ccc1C(=O)C1CCCNC1. The lowest BCUT2D eigenvalue weighted by Crippen LogP contribution is -2.34. The van der Waals surface area contributed by atoms with Crippen LogP contribution in [0.2, 0.25) is 5.02 Å². The van der Waals surface area contributed by atoms with E-state index in [9.17, 15) is 4.79 Å². The van der Waals surface area contributed by atoms with Gasteiger partial charge in [0.1, 0.15) is 0 Å². The highest BCUT2D eigenvalue weighted by Gasteiger charge is 2.23. The smallest absolute Gasteiger partial charge is 0.167 e. The molecule has 0 radical (unpaired) electrons. The van der Waals surface area contributed by atoms with E-state index in [-0.39, 0.29) is 11.7 Å². The number of hydrogen-bond donors (Lipinski definition) is 1. The average Bonchev–Trinajstić information content (AvgIpc) is 2.29. The number of piperidine rings is 1. The highest BCUT2D eigenvalue weighted by atomic mass is 35.5. The van der Waals surface area contributed by atoms with Crippen molar-refractivity contribution in [2.45, 2.75) is 19.8 Å². The zero-order chi connectivity index (χ0) is 11.5. The van der Waals surface area contributed by atoms with Crippen LogP contribution in [0.5, 0.6) is 0 Å². The first-order valence-corrected chi connectivity index (χ1v) is 6.07. The fourth-order valence-electron chi connectivity index (χ4n) is 2.20. The highest BCUT2D eigenvalue weighted by molar-refractivity contribution is 6.30. The van der Waals surface area contributed by atoms with Gasteiger partial charge in [-0.25, -0.2) is 0 Å². The summed E-state index contributed by atoms with van der Waals surface area (Å²) in [6.07, 6.45) is 2.08. The Morgan fingerprint density at radius 3 is 2.94 bits per heavy atom. The molecule has 1 N–H and O–H groups in total. The molecular formula is C13H16ClNO. The minimum Gasteiger partial charge on any atom is -0.316 e. The fourth-order valence-corrected chi connectivity index (χ4v) is 2.43. The summed E-state index contributed by atoms with van der Waals surface area (Å²) in [7, 11) is 0. The van der Waals surface area contributed by atoms with Gasteiger partial charge < -0.3 is 5.32 Å². The van der Waals surface area contributed by atoms with Crippen molar-refractivity contribution in [2.24, 2.45) is 5.92 Å². The van der Waals surface area contributed by atoms with Crippen LogP contribution in [0, 0.1) is 12.8 Å². The summed E-state index contributed by atoms with van der Waals surface area (Å²) in [4.78, 5) is 12.2. The molecule has 1 aliphatic rings. The van der Waals surface area contributed by atoms with Gasteiger partial charge >= 0.3 is 0 Å². The van der Waals surface area contributed by atoms with Gasteiger partial charge in [-0.2, -0.15) is 0 Å². The molecule has 0 spiro atoms. The van der Waals surface area contributed by atoms with Crippen LogP contribution in [0.15, 0.2) is 18.2 Å². The normalized spacial score (nSPS) is 20.8. The molecule has 0 aromatic heterocycles. The molecule has 1 aromatic carbocycles. The summed E-state index contributed by atoms with van der Waals surface area (Å²) in [6.45, 7) is 3.78. The zero-order valence-corrected chi connectivity index (χ0v) is 10.2. The zero-order valence-electron chi connectivity index (χ0n) is 9.42. The van der Waals surface area contributed by atoms with Gasteiger partial charge in [-0.15, -0.1) is 0 Å². The van der Waals surface area contributed by atoms with Crippen molar-refractivity contribution in [3.05, 3.63) is 34.3 Å². The van der Waals surface area contributed by atoms with E-state index in [1.54, 1.807) is 6.07 Å². The number of aryl methyl sites for hydroxylation is 1. The Bertz CT molecular complexity index is 397. The van der Waals surface area contributed by atoms with Gasteiger partial charge in [0.25, 0.3) is 0 Å². The van der Waals surface area contributed by atoms with Crippen molar-refractivity contribution in [2.75, 3.05) is 13.1 Å². The summed E-state index contributed by atoms with van der Waals surface area (Å²) in [6, 6.07) is 5.48. The third kappa shape index (κ3) is 2.45. The highest BCUT2D eigenvalue weighted by Crippen LogP contribution is 2.21. The van der Waals surface area contributed by atoms with Gasteiger partial charge in [-0.05, 0) is 50.1 Å². The van der Waals surface area contributed by atoms with Crippen LogP contribution in [-0.2, 0) is 0 Å². The number of benzene rings is 1. The monoisotopic (exact) mass is 237 g/mol. The molecule has 1 fully saturated rings. The van der Waals surface area contributed by atoms with Crippen LogP contribution >= 0.6 is 11.6 Å². The largest absolute Gasteiger partial charge is 0.316 e. The number of carbonyl (C=O) groups is 1. The molecule has 0 saturated carbocycles. The van der Waals surface area contributed by atoms with Crippen molar-refractivity contribution < 1.29 is 4.79 Å². The van der Waals surface area contributed by atoms with Crippen molar-refractivity contribution in [1.82, 2.24) is 5.32 Å². The molecule has 1 saturated heterocycles. The Morgan fingerprint density at radius 1 is 1.50 bits per heavy atom. The Balaban J connectivity index is 2.19. The van der Waals surface area contributed by atoms with Crippen molar-refractivity contribution >= 4 is 17.4 Å². The van der Waals surface area contributed by atoms with Gasteiger partial charge in [0.2, 0.25) is 0 Å². The Labute approximate surface area is 101 Å². The first-order valence-electron chi connectivity index (χ1n) is 5.69. The Kier molecular flexibility index (Phi) is 3.62. The van der Waals surface area contributed by atoms with Crippen LogP contribution in [0.4, 0.5) is 0 Å². The lowest BCUT2D eigenvalue weighted by molar-refractivity contribution is 0.0899. The maximum Gasteiger partial charge on any atom is 0.167 e. The summed E-state index contributed by atoms with van der Waals surface area (Å²) in [5.41, 5.74) is 1.79. The number of carbonyl (C=O) groups excluding carboxylic acids is 1. The van der Waals surface area contributed by atoms with E-state index >= 15 is 0 Å². The molecular weight excluding hydrogens is 222 g/mol. The maximum absolute atomic E-state index is 12.2. The van der Waals surface area contributed by atoms with Crippen molar-refractivity contribution in [3.63, 3.8) is 0 Å². The van der Waals surface area contributed by atoms with Crippen LogP contribution < -0.4 is 5.32 Å². The Hall–Kier alpha value is -0.860. The molecule has 2 rings (SSSR count). The van der Waals surface area contributed by atoms with E-state index < -0.39 is 0 Å². The predicted molar refractivity (Wildman–Crippen MR) is 66.1 cm³/mol. The molecule has 0 aliphatic carbocycles. The van der Waals surface area contributed by atoms with Crippen LogP contribution in [0.25, 0.3) is 0 Å². The molecule has 1 unspecified atom stereocenters. The summed E-state index contributed by atoms with van der Waals surface area (Å²) < 4.78 is 0. The summed E-state index contributed by atoms with van der Waals surface area (Å²) in [5.74, 6) is 0.384. The lowest BCUT2D eigenvalue weighted by atomic mass is 9.89.